The number of aromatic nitrogens is 4. The largest absolute Gasteiger partial charge is 0.489 e. The van der Waals surface area contributed by atoms with E-state index in [0.717, 1.165) is 28.8 Å². The first-order valence-electron chi connectivity index (χ1n) is 10.5. The molecule has 0 aliphatic rings. The van der Waals surface area contributed by atoms with Crippen molar-refractivity contribution in [2.24, 2.45) is 0 Å². The standard InChI is InChI=1S/C26H23N5O/c27-24-16-23(25-26(28-24)30-31-29-25)22(20-9-5-2-6-10-20)15-18-11-13-21(14-12-18)32-17-19-7-3-1-4-8-19/h1-14,16,22H,15,17H2,(H3,27,28,29,30,31). The molecule has 0 aliphatic heterocycles. The maximum Gasteiger partial charge on any atom is 0.178 e. The van der Waals surface area contributed by atoms with Gasteiger partial charge in [-0.15, -0.1) is 5.10 Å². The van der Waals surface area contributed by atoms with Crippen molar-refractivity contribution in [3.63, 3.8) is 0 Å². The van der Waals surface area contributed by atoms with Crippen molar-refractivity contribution in [2.45, 2.75) is 18.9 Å². The minimum absolute atomic E-state index is 0.0604. The zero-order valence-corrected chi connectivity index (χ0v) is 17.5. The smallest absolute Gasteiger partial charge is 0.178 e. The predicted octanol–water partition coefficient (Wildman–Crippen LogP) is 4.89. The van der Waals surface area contributed by atoms with Crippen molar-refractivity contribution in [2.75, 3.05) is 5.73 Å². The average Bonchev–Trinajstić information content (AvgIpc) is 3.31. The zero-order chi connectivity index (χ0) is 21.8. The second-order valence-electron chi connectivity index (χ2n) is 7.73. The van der Waals surface area contributed by atoms with Crippen LogP contribution in [-0.2, 0) is 13.0 Å². The van der Waals surface area contributed by atoms with E-state index in [-0.39, 0.29) is 5.92 Å². The first-order valence-corrected chi connectivity index (χ1v) is 10.5. The molecule has 0 saturated carbocycles. The Morgan fingerprint density at radius 3 is 2.31 bits per heavy atom. The highest BCUT2D eigenvalue weighted by molar-refractivity contribution is 5.77. The number of ether oxygens (including phenoxy) is 1. The van der Waals surface area contributed by atoms with Crippen LogP contribution in [0.25, 0.3) is 11.2 Å². The Hall–Kier alpha value is -4.19. The van der Waals surface area contributed by atoms with Crippen molar-refractivity contribution in [3.8, 4) is 5.75 Å². The summed E-state index contributed by atoms with van der Waals surface area (Å²) in [5, 5.41) is 11.0. The molecule has 0 spiro atoms. The van der Waals surface area contributed by atoms with Crippen LogP contribution in [0.1, 0.15) is 28.2 Å². The van der Waals surface area contributed by atoms with Gasteiger partial charge in [0.15, 0.2) is 5.65 Å². The van der Waals surface area contributed by atoms with Gasteiger partial charge in [-0.3, -0.25) is 0 Å². The number of fused-ring (bicyclic) bond motifs is 1. The molecule has 5 aromatic rings. The number of H-pyrrole nitrogens is 1. The second kappa shape index (κ2) is 8.89. The van der Waals surface area contributed by atoms with Crippen molar-refractivity contribution in [3.05, 3.63) is 113 Å². The predicted molar refractivity (Wildman–Crippen MR) is 125 cm³/mol. The van der Waals surface area contributed by atoms with Gasteiger partial charge in [-0.2, -0.15) is 0 Å². The highest BCUT2D eigenvalue weighted by atomic mass is 16.5. The maximum absolute atomic E-state index is 6.09. The highest BCUT2D eigenvalue weighted by Gasteiger charge is 2.20. The number of nitrogens with one attached hydrogen (secondary N) is 1. The highest BCUT2D eigenvalue weighted by Crippen LogP contribution is 2.33. The lowest BCUT2D eigenvalue weighted by Crippen LogP contribution is -2.08. The summed E-state index contributed by atoms with van der Waals surface area (Å²) in [5.41, 5.74) is 12.0. The molecule has 0 fully saturated rings. The molecule has 1 atom stereocenters. The van der Waals surface area contributed by atoms with Gasteiger partial charge in [0.1, 0.15) is 23.7 Å². The van der Waals surface area contributed by atoms with E-state index in [1.165, 1.54) is 11.1 Å². The van der Waals surface area contributed by atoms with E-state index in [9.17, 15) is 0 Å². The average molecular weight is 422 g/mol. The Balaban J connectivity index is 1.41. The Labute approximate surface area is 186 Å². The molecule has 5 rings (SSSR count). The molecule has 3 N–H and O–H groups in total. The molecule has 0 radical (unpaired) electrons. The van der Waals surface area contributed by atoms with Crippen molar-refractivity contribution >= 4 is 17.0 Å². The van der Waals surface area contributed by atoms with E-state index in [2.05, 4.69) is 56.8 Å². The lowest BCUT2D eigenvalue weighted by Gasteiger charge is -2.19. The number of benzene rings is 3. The van der Waals surface area contributed by atoms with Gasteiger partial charge in [-0.05, 0) is 46.9 Å². The Bertz CT molecular complexity index is 1300. The van der Waals surface area contributed by atoms with E-state index < -0.39 is 0 Å². The van der Waals surface area contributed by atoms with Gasteiger partial charge in [-0.1, -0.05) is 78.0 Å². The maximum atomic E-state index is 6.09. The summed E-state index contributed by atoms with van der Waals surface area (Å²) < 4.78 is 5.94. The van der Waals surface area contributed by atoms with Crippen LogP contribution in [0, 0.1) is 0 Å². The van der Waals surface area contributed by atoms with Crippen LogP contribution in [0.3, 0.4) is 0 Å². The molecule has 0 amide bonds. The molecular formula is C26H23N5O. The molecular weight excluding hydrogens is 398 g/mol. The molecule has 3 aromatic carbocycles. The van der Waals surface area contributed by atoms with Crippen LogP contribution < -0.4 is 10.5 Å². The van der Waals surface area contributed by atoms with Gasteiger partial charge in [0.05, 0.1) is 0 Å². The normalized spacial score (nSPS) is 12.0. The summed E-state index contributed by atoms with van der Waals surface area (Å²) in [6, 6.07) is 30.7. The van der Waals surface area contributed by atoms with Crippen LogP contribution in [0.5, 0.6) is 5.75 Å². The van der Waals surface area contributed by atoms with Gasteiger partial charge < -0.3 is 10.5 Å². The third-order valence-electron chi connectivity index (χ3n) is 5.54. The third kappa shape index (κ3) is 4.30. The van der Waals surface area contributed by atoms with Gasteiger partial charge in [0.2, 0.25) is 0 Å². The topological polar surface area (TPSA) is 89.7 Å². The molecule has 0 bridgehead atoms. The van der Waals surface area contributed by atoms with Crippen LogP contribution in [-0.4, -0.2) is 20.4 Å². The molecule has 2 aromatic heterocycles. The summed E-state index contributed by atoms with van der Waals surface area (Å²) in [5.74, 6) is 1.36. The van der Waals surface area contributed by atoms with Crippen LogP contribution in [0.2, 0.25) is 0 Å². The number of rotatable bonds is 7. The van der Waals surface area contributed by atoms with Crippen LogP contribution in [0.4, 0.5) is 5.82 Å². The Kier molecular flexibility index (Phi) is 5.49. The van der Waals surface area contributed by atoms with E-state index in [4.69, 9.17) is 10.5 Å². The van der Waals surface area contributed by atoms with E-state index in [1.807, 2.05) is 54.6 Å². The summed E-state index contributed by atoms with van der Waals surface area (Å²) in [6.07, 6.45) is 0.786. The van der Waals surface area contributed by atoms with Gasteiger partial charge in [-0.25, -0.2) is 10.1 Å². The fourth-order valence-electron chi connectivity index (χ4n) is 3.94. The molecule has 0 aliphatic carbocycles. The van der Waals surface area contributed by atoms with Crippen LogP contribution >= 0.6 is 0 Å². The Morgan fingerprint density at radius 1 is 0.844 bits per heavy atom. The molecule has 2 heterocycles. The molecule has 6 nitrogen and oxygen atoms in total. The fourth-order valence-corrected chi connectivity index (χ4v) is 3.94. The SMILES string of the molecule is Nc1cc(C(Cc2ccc(OCc3ccccc3)cc2)c2ccccc2)c2nn[nH]c2n1. The minimum Gasteiger partial charge on any atom is -0.489 e. The first-order chi connectivity index (χ1) is 15.8. The number of nitrogens with zero attached hydrogens (tertiary/aromatic N) is 3. The molecule has 158 valence electrons. The lowest BCUT2D eigenvalue weighted by atomic mass is 9.85. The minimum atomic E-state index is 0.0604. The molecule has 32 heavy (non-hydrogen) atoms. The zero-order valence-electron chi connectivity index (χ0n) is 17.5. The number of hydrogen-bond acceptors (Lipinski definition) is 5. The number of aromatic amines is 1. The van der Waals surface area contributed by atoms with E-state index in [0.29, 0.717) is 18.1 Å². The summed E-state index contributed by atoms with van der Waals surface area (Å²) >= 11 is 0. The summed E-state index contributed by atoms with van der Waals surface area (Å²) in [7, 11) is 0. The molecule has 6 heteroatoms. The van der Waals surface area contributed by atoms with Crippen molar-refractivity contribution < 1.29 is 4.74 Å². The number of pyridine rings is 1. The van der Waals surface area contributed by atoms with Gasteiger partial charge in [0.25, 0.3) is 0 Å². The van der Waals surface area contributed by atoms with E-state index >= 15 is 0 Å². The fraction of sp³-hybridized carbons (Fsp3) is 0.115. The van der Waals surface area contributed by atoms with Crippen molar-refractivity contribution in [1.82, 2.24) is 20.4 Å². The molecule has 0 saturated heterocycles. The van der Waals surface area contributed by atoms with Crippen molar-refractivity contribution in [1.29, 1.82) is 0 Å². The van der Waals surface area contributed by atoms with Gasteiger partial charge in [0, 0.05) is 5.92 Å². The Morgan fingerprint density at radius 2 is 1.56 bits per heavy atom. The van der Waals surface area contributed by atoms with E-state index in [1.54, 1.807) is 0 Å². The number of anilines is 1. The number of nitrogen functional groups attached to an aromatic ring is 1. The third-order valence-corrected chi connectivity index (χ3v) is 5.54. The van der Waals surface area contributed by atoms with Gasteiger partial charge >= 0.3 is 0 Å². The van der Waals surface area contributed by atoms with Crippen LogP contribution in [0.15, 0.2) is 91.0 Å². The first kappa shape index (κ1) is 19.8. The second-order valence-corrected chi connectivity index (χ2v) is 7.73. The lowest BCUT2D eigenvalue weighted by molar-refractivity contribution is 0.306. The molecule has 1 unspecified atom stereocenters. The number of hydrogen-bond donors (Lipinski definition) is 2. The monoisotopic (exact) mass is 421 g/mol. The summed E-state index contributed by atoms with van der Waals surface area (Å²) in [6.45, 7) is 0.549. The number of nitrogens with two attached hydrogens (primary N) is 1. The summed E-state index contributed by atoms with van der Waals surface area (Å²) in [4.78, 5) is 4.32. The quantitative estimate of drug-likeness (QED) is 0.391.